The summed E-state index contributed by atoms with van der Waals surface area (Å²) in [6.45, 7) is 0.235. The number of hydrogen-bond acceptors (Lipinski definition) is 3. The van der Waals surface area contributed by atoms with Crippen LogP contribution in [0.5, 0.6) is 5.75 Å². The van der Waals surface area contributed by atoms with Crippen molar-refractivity contribution in [2.45, 2.75) is 24.2 Å². The van der Waals surface area contributed by atoms with Crippen molar-refractivity contribution in [2.75, 3.05) is 12.4 Å². The fourth-order valence-electron chi connectivity index (χ4n) is 1.67. The fourth-order valence-corrected chi connectivity index (χ4v) is 2.73. The van der Waals surface area contributed by atoms with Gasteiger partial charge in [-0.15, -0.1) is 11.8 Å². The van der Waals surface area contributed by atoms with Gasteiger partial charge in [0.15, 0.2) is 0 Å². The van der Waals surface area contributed by atoms with Gasteiger partial charge in [-0.3, -0.25) is 4.79 Å². The Morgan fingerprint density at radius 1 is 1.50 bits per heavy atom. The van der Waals surface area contributed by atoms with E-state index in [0.29, 0.717) is 0 Å². The summed E-state index contributed by atoms with van der Waals surface area (Å²) in [5.74, 6) is 1.10. The second-order valence-electron chi connectivity index (χ2n) is 3.71. The molecule has 0 aromatic heterocycles. The zero-order valence-electron chi connectivity index (χ0n) is 8.94. The van der Waals surface area contributed by atoms with Crippen LogP contribution in [0, 0.1) is 0 Å². The summed E-state index contributed by atoms with van der Waals surface area (Å²) in [6, 6.07) is 6.02. The van der Waals surface area contributed by atoms with Crippen molar-refractivity contribution in [2.24, 2.45) is 0 Å². The maximum Gasteiger partial charge on any atom is 0.306 e. The molecule has 0 bridgehead atoms. The number of thioether (sulfide) groups is 1. The summed E-state index contributed by atoms with van der Waals surface area (Å²) >= 11 is 1.85. The molecule has 0 aliphatic carbocycles. The molecular weight excluding hydrogens is 224 g/mol. The largest absolute Gasteiger partial charge is 0.493 e. The molecule has 0 saturated carbocycles. The SMILES string of the molecule is O=C(O)CCOc1ccc2c(c1)SCCC2. The van der Waals surface area contributed by atoms with Crippen molar-refractivity contribution in [1.29, 1.82) is 0 Å². The Hall–Kier alpha value is -1.16. The fraction of sp³-hybridized carbons (Fsp3) is 0.417. The first-order valence-corrected chi connectivity index (χ1v) is 6.34. The topological polar surface area (TPSA) is 46.5 Å². The van der Waals surface area contributed by atoms with Gasteiger partial charge in [-0.05, 0) is 36.3 Å². The predicted molar refractivity (Wildman–Crippen MR) is 63.2 cm³/mol. The third kappa shape index (κ3) is 2.92. The second kappa shape index (κ2) is 5.25. The van der Waals surface area contributed by atoms with Gasteiger partial charge < -0.3 is 9.84 Å². The summed E-state index contributed by atoms with van der Waals surface area (Å²) in [7, 11) is 0. The van der Waals surface area contributed by atoms with Crippen LogP contribution in [0.4, 0.5) is 0 Å². The van der Waals surface area contributed by atoms with E-state index >= 15 is 0 Å². The van der Waals surface area contributed by atoms with Crippen LogP contribution in [0.1, 0.15) is 18.4 Å². The smallest absolute Gasteiger partial charge is 0.306 e. The summed E-state index contributed by atoms with van der Waals surface area (Å²) in [5.41, 5.74) is 1.38. The molecule has 2 rings (SSSR count). The Balaban J connectivity index is 1.97. The van der Waals surface area contributed by atoms with Crippen molar-refractivity contribution in [3.8, 4) is 5.75 Å². The summed E-state index contributed by atoms with van der Waals surface area (Å²) in [5, 5.41) is 8.50. The van der Waals surface area contributed by atoms with E-state index in [1.54, 1.807) is 0 Å². The lowest BCUT2D eigenvalue weighted by molar-refractivity contribution is -0.137. The standard InChI is InChI=1S/C12H14O3S/c13-12(14)5-6-15-10-4-3-9-2-1-7-16-11(9)8-10/h3-4,8H,1-2,5-7H2,(H,13,14). The van der Waals surface area contributed by atoms with Gasteiger partial charge in [0.1, 0.15) is 5.75 Å². The number of fused-ring (bicyclic) bond motifs is 1. The second-order valence-corrected chi connectivity index (χ2v) is 4.85. The molecule has 0 saturated heterocycles. The van der Waals surface area contributed by atoms with Crippen LogP contribution >= 0.6 is 11.8 Å². The van der Waals surface area contributed by atoms with Crippen LogP contribution in [0.25, 0.3) is 0 Å². The van der Waals surface area contributed by atoms with Crippen LogP contribution in [-0.4, -0.2) is 23.4 Å². The monoisotopic (exact) mass is 238 g/mol. The first-order valence-electron chi connectivity index (χ1n) is 5.36. The van der Waals surface area contributed by atoms with E-state index in [9.17, 15) is 4.79 Å². The molecule has 3 nitrogen and oxygen atoms in total. The highest BCUT2D eigenvalue weighted by molar-refractivity contribution is 7.99. The van der Waals surface area contributed by atoms with E-state index in [2.05, 4.69) is 6.07 Å². The molecule has 16 heavy (non-hydrogen) atoms. The number of carboxylic acids is 1. The van der Waals surface area contributed by atoms with Gasteiger partial charge in [0.2, 0.25) is 0 Å². The minimum atomic E-state index is -0.827. The minimum Gasteiger partial charge on any atom is -0.493 e. The van der Waals surface area contributed by atoms with Gasteiger partial charge in [-0.25, -0.2) is 0 Å². The molecular formula is C12H14O3S. The highest BCUT2D eigenvalue weighted by atomic mass is 32.2. The molecule has 0 unspecified atom stereocenters. The number of aliphatic carboxylic acids is 1. The van der Waals surface area contributed by atoms with Gasteiger partial charge in [-0.2, -0.15) is 0 Å². The molecule has 0 radical (unpaired) electrons. The van der Waals surface area contributed by atoms with Gasteiger partial charge >= 0.3 is 5.97 Å². The molecule has 0 spiro atoms. The summed E-state index contributed by atoms with van der Waals surface area (Å²) < 4.78 is 5.39. The highest BCUT2D eigenvalue weighted by Crippen LogP contribution is 2.32. The lowest BCUT2D eigenvalue weighted by Gasteiger charge is -2.16. The quantitative estimate of drug-likeness (QED) is 0.875. The van der Waals surface area contributed by atoms with Crippen molar-refractivity contribution in [3.63, 3.8) is 0 Å². The van der Waals surface area contributed by atoms with E-state index in [1.807, 2.05) is 23.9 Å². The third-order valence-electron chi connectivity index (χ3n) is 2.47. The average molecular weight is 238 g/mol. The molecule has 1 N–H and O–H groups in total. The Kier molecular flexibility index (Phi) is 3.72. The number of hydrogen-bond donors (Lipinski definition) is 1. The van der Waals surface area contributed by atoms with Gasteiger partial charge in [-0.1, -0.05) is 6.07 Å². The molecule has 86 valence electrons. The van der Waals surface area contributed by atoms with E-state index in [0.717, 1.165) is 17.9 Å². The van der Waals surface area contributed by atoms with Crippen molar-refractivity contribution in [1.82, 2.24) is 0 Å². The maximum atomic E-state index is 10.3. The number of aryl methyl sites for hydroxylation is 1. The summed E-state index contributed by atoms with van der Waals surface area (Å²) in [4.78, 5) is 11.6. The lowest BCUT2D eigenvalue weighted by Crippen LogP contribution is -2.05. The maximum absolute atomic E-state index is 10.3. The Morgan fingerprint density at radius 2 is 2.38 bits per heavy atom. The van der Waals surface area contributed by atoms with Crippen LogP contribution in [0.15, 0.2) is 23.1 Å². The molecule has 0 atom stereocenters. The van der Waals surface area contributed by atoms with E-state index in [4.69, 9.17) is 9.84 Å². The van der Waals surface area contributed by atoms with E-state index in [1.165, 1.54) is 16.9 Å². The van der Waals surface area contributed by atoms with Crippen LogP contribution < -0.4 is 4.74 Å². The zero-order chi connectivity index (χ0) is 11.4. The Bertz CT molecular complexity index is 390. The van der Waals surface area contributed by atoms with Gasteiger partial charge in [0.05, 0.1) is 13.0 Å². The normalized spacial score (nSPS) is 14.2. The number of rotatable bonds is 4. The molecule has 0 fully saturated rings. The molecule has 4 heteroatoms. The molecule has 1 aliphatic heterocycles. The first-order chi connectivity index (χ1) is 7.75. The molecule has 1 aromatic rings. The van der Waals surface area contributed by atoms with Crippen LogP contribution in [0.2, 0.25) is 0 Å². The van der Waals surface area contributed by atoms with Gasteiger partial charge in [0.25, 0.3) is 0 Å². The van der Waals surface area contributed by atoms with Gasteiger partial charge in [0, 0.05) is 4.90 Å². The molecule has 0 amide bonds. The Morgan fingerprint density at radius 3 is 3.19 bits per heavy atom. The molecule has 1 heterocycles. The number of ether oxygens (including phenoxy) is 1. The van der Waals surface area contributed by atoms with E-state index < -0.39 is 5.97 Å². The number of carboxylic acid groups (broad SMARTS) is 1. The third-order valence-corrected chi connectivity index (χ3v) is 3.66. The number of benzene rings is 1. The average Bonchev–Trinajstić information content (AvgIpc) is 2.28. The zero-order valence-corrected chi connectivity index (χ0v) is 9.76. The lowest BCUT2D eigenvalue weighted by atomic mass is 10.1. The van der Waals surface area contributed by atoms with Crippen molar-refractivity contribution in [3.05, 3.63) is 23.8 Å². The predicted octanol–water partition coefficient (Wildman–Crippen LogP) is 2.58. The van der Waals surface area contributed by atoms with Crippen molar-refractivity contribution < 1.29 is 14.6 Å². The van der Waals surface area contributed by atoms with E-state index in [-0.39, 0.29) is 13.0 Å². The Labute approximate surface area is 98.8 Å². The summed E-state index contributed by atoms with van der Waals surface area (Å²) in [6.07, 6.45) is 2.42. The first kappa shape index (κ1) is 11.3. The molecule has 1 aliphatic rings. The minimum absolute atomic E-state index is 0.0459. The van der Waals surface area contributed by atoms with Crippen molar-refractivity contribution >= 4 is 17.7 Å². The molecule has 1 aromatic carbocycles. The van der Waals surface area contributed by atoms with Crippen LogP contribution in [-0.2, 0) is 11.2 Å². The van der Waals surface area contributed by atoms with Crippen LogP contribution in [0.3, 0.4) is 0 Å². The number of carbonyl (C=O) groups is 1. The highest BCUT2D eigenvalue weighted by Gasteiger charge is 2.10.